The molecule has 2 aromatic rings. The number of carbonyl (C=O) groups excluding carboxylic acids is 1. The molecule has 0 aliphatic rings. The van der Waals surface area contributed by atoms with Gasteiger partial charge < -0.3 is 14.2 Å². The zero-order valence-corrected chi connectivity index (χ0v) is 12.8. The molecule has 2 heterocycles. The minimum absolute atomic E-state index is 0.00824. The van der Waals surface area contributed by atoms with Crippen LogP contribution in [0.3, 0.4) is 0 Å². The van der Waals surface area contributed by atoms with Gasteiger partial charge in [-0.25, -0.2) is 0 Å². The van der Waals surface area contributed by atoms with Crippen LogP contribution >= 0.6 is 0 Å². The molecule has 0 fully saturated rings. The minimum atomic E-state index is -0.303. The molecular weight excluding hydrogens is 284 g/mol. The topological polar surface area (TPSA) is 69.4 Å². The van der Waals surface area contributed by atoms with Crippen molar-refractivity contribution in [3.05, 3.63) is 47.1 Å². The third kappa shape index (κ3) is 3.97. The lowest BCUT2D eigenvalue weighted by molar-refractivity contribution is -0.130. The SMILES string of the molecule is COc1cccn(CC(=O)N(C)CCCn2cccn2)c1=O. The van der Waals surface area contributed by atoms with Gasteiger partial charge in [-0.15, -0.1) is 0 Å². The molecular formula is C15H20N4O3. The molecule has 22 heavy (non-hydrogen) atoms. The van der Waals surface area contributed by atoms with Crippen molar-refractivity contribution in [3.8, 4) is 5.75 Å². The van der Waals surface area contributed by atoms with E-state index >= 15 is 0 Å². The number of nitrogens with zero attached hydrogens (tertiary/aromatic N) is 4. The summed E-state index contributed by atoms with van der Waals surface area (Å²) in [7, 11) is 3.17. The van der Waals surface area contributed by atoms with Crippen LogP contribution < -0.4 is 10.3 Å². The van der Waals surface area contributed by atoms with Gasteiger partial charge in [-0.05, 0) is 24.6 Å². The van der Waals surface area contributed by atoms with Crippen molar-refractivity contribution in [1.82, 2.24) is 19.2 Å². The summed E-state index contributed by atoms with van der Waals surface area (Å²) in [5.74, 6) is 0.118. The van der Waals surface area contributed by atoms with Gasteiger partial charge in [0.25, 0.3) is 5.56 Å². The zero-order valence-electron chi connectivity index (χ0n) is 12.8. The number of likely N-dealkylation sites (N-methyl/N-ethyl adjacent to an activating group) is 1. The maximum atomic E-state index is 12.2. The summed E-state index contributed by atoms with van der Waals surface area (Å²) < 4.78 is 8.14. The van der Waals surface area contributed by atoms with E-state index in [-0.39, 0.29) is 23.8 Å². The first kappa shape index (κ1) is 15.8. The Morgan fingerprint density at radius 2 is 2.18 bits per heavy atom. The summed E-state index contributed by atoms with van der Waals surface area (Å²) in [6.45, 7) is 1.37. The fraction of sp³-hybridized carbons (Fsp3) is 0.400. The molecule has 0 radical (unpaired) electrons. The van der Waals surface area contributed by atoms with Crippen molar-refractivity contribution in [1.29, 1.82) is 0 Å². The van der Waals surface area contributed by atoms with Crippen molar-refractivity contribution in [2.24, 2.45) is 0 Å². The third-order valence-electron chi connectivity index (χ3n) is 3.38. The Balaban J connectivity index is 1.87. The number of methoxy groups -OCH3 is 1. The first-order chi connectivity index (χ1) is 10.6. The average molecular weight is 304 g/mol. The molecule has 2 rings (SSSR count). The number of hydrogen-bond donors (Lipinski definition) is 0. The molecule has 0 bridgehead atoms. The Morgan fingerprint density at radius 1 is 1.36 bits per heavy atom. The van der Waals surface area contributed by atoms with Crippen LogP contribution in [0, 0.1) is 0 Å². The van der Waals surface area contributed by atoms with E-state index in [9.17, 15) is 9.59 Å². The Bertz CT molecular complexity index is 664. The molecule has 2 aromatic heterocycles. The van der Waals surface area contributed by atoms with E-state index in [1.807, 2.05) is 16.9 Å². The third-order valence-corrected chi connectivity index (χ3v) is 3.38. The van der Waals surface area contributed by atoms with Crippen LogP contribution in [0.1, 0.15) is 6.42 Å². The Hall–Kier alpha value is -2.57. The summed E-state index contributed by atoms with van der Waals surface area (Å²) in [6, 6.07) is 5.13. The molecule has 0 aliphatic heterocycles. The van der Waals surface area contributed by atoms with Crippen molar-refractivity contribution in [3.63, 3.8) is 0 Å². The number of aryl methyl sites for hydroxylation is 1. The maximum absolute atomic E-state index is 12.2. The maximum Gasteiger partial charge on any atom is 0.293 e. The second-order valence-electron chi connectivity index (χ2n) is 4.95. The molecule has 0 unspecified atom stereocenters. The van der Waals surface area contributed by atoms with E-state index in [4.69, 9.17) is 4.74 Å². The van der Waals surface area contributed by atoms with Crippen molar-refractivity contribution in [2.45, 2.75) is 19.5 Å². The van der Waals surface area contributed by atoms with Gasteiger partial charge in [0.2, 0.25) is 5.91 Å². The molecule has 0 saturated heterocycles. The second kappa shape index (κ2) is 7.44. The smallest absolute Gasteiger partial charge is 0.293 e. The highest BCUT2D eigenvalue weighted by molar-refractivity contribution is 5.75. The highest BCUT2D eigenvalue weighted by atomic mass is 16.5. The number of amides is 1. The van der Waals surface area contributed by atoms with Gasteiger partial charge in [0.05, 0.1) is 7.11 Å². The molecule has 118 valence electrons. The molecule has 0 aliphatic carbocycles. The normalized spacial score (nSPS) is 10.5. The van der Waals surface area contributed by atoms with E-state index < -0.39 is 0 Å². The number of pyridine rings is 1. The van der Waals surface area contributed by atoms with E-state index in [1.165, 1.54) is 11.7 Å². The average Bonchev–Trinajstić information content (AvgIpc) is 3.02. The standard InChI is InChI=1S/C15H20N4O3/c1-17(8-5-11-19-10-4-7-16-19)14(20)12-18-9-3-6-13(22-2)15(18)21/h3-4,6-7,9-10H,5,8,11-12H2,1-2H3. The Labute approximate surface area is 128 Å². The minimum Gasteiger partial charge on any atom is -0.491 e. The van der Waals surface area contributed by atoms with E-state index in [2.05, 4.69) is 5.10 Å². The Kier molecular flexibility index (Phi) is 5.35. The van der Waals surface area contributed by atoms with Crippen LogP contribution in [0.15, 0.2) is 41.6 Å². The van der Waals surface area contributed by atoms with Crippen LogP contribution in [0.4, 0.5) is 0 Å². The summed E-state index contributed by atoms with van der Waals surface area (Å²) in [4.78, 5) is 25.8. The summed E-state index contributed by atoms with van der Waals surface area (Å²) in [5, 5.41) is 4.11. The quantitative estimate of drug-likeness (QED) is 0.751. The van der Waals surface area contributed by atoms with Gasteiger partial charge in [-0.1, -0.05) is 0 Å². The number of hydrogen-bond acceptors (Lipinski definition) is 4. The number of rotatable bonds is 7. The molecule has 7 nitrogen and oxygen atoms in total. The number of ether oxygens (including phenoxy) is 1. The molecule has 0 saturated carbocycles. The summed E-state index contributed by atoms with van der Waals surface area (Å²) in [5.41, 5.74) is -0.303. The molecule has 7 heteroatoms. The van der Waals surface area contributed by atoms with E-state index in [1.54, 1.807) is 36.5 Å². The van der Waals surface area contributed by atoms with Gasteiger partial charge in [0, 0.05) is 38.7 Å². The summed E-state index contributed by atoms with van der Waals surface area (Å²) >= 11 is 0. The van der Waals surface area contributed by atoms with Gasteiger partial charge in [-0.3, -0.25) is 14.3 Å². The lowest BCUT2D eigenvalue weighted by atomic mass is 10.3. The van der Waals surface area contributed by atoms with Crippen LogP contribution in [0.2, 0.25) is 0 Å². The van der Waals surface area contributed by atoms with Gasteiger partial charge in [-0.2, -0.15) is 5.10 Å². The lowest BCUT2D eigenvalue weighted by Gasteiger charge is -2.18. The van der Waals surface area contributed by atoms with Crippen molar-refractivity contribution in [2.75, 3.05) is 20.7 Å². The monoisotopic (exact) mass is 304 g/mol. The highest BCUT2D eigenvalue weighted by Crippen LogP contribution is 2.01. The van der Waals surface area contributed by atoms with Crippen LogP contribution in [0.5, 0.6) is 5.75 Å². The predicted octanol–water partition coefficient (Wildman–Crippen LogP) is 0.602. The fourth-order valence-electron chi connectivity index (χ4n) is 2.09. The molecule has 0 spiro atoms. The summed E-state index contributed by atoms with van der Waals surface area (Å²) in [6.07, 6.45) is 6.00. The van der Waals surface area contributed by atoms with E-state index in [0.717, 1.165) is 13.0 Å². The highest BCUT2D eigenvalue weighted by Gasteiger charge is 2.11. The van der Waals surface area contributed by atoms with E-state index in [0.29, 0.717) is 6.54 Å². The van der Waals surface area contributed by atoms with Gasteiger partial charge in [0.15, 0.2) is 5.75 Å². The molecule has 1 amide bonds. The predicted molar refractivity (Wildman–Crippen MR) is 81.7 cm³/mol. The number of carbonyl (C=O) groups is 1. The molecule has 0 N–H and O–H groups in total. The van der Waals surface area contributed by atoms with Gasteiger partial charge in [0.1, 0.15) is 6.54 Å². The van der Waals surface area contributed by atoms with Crippen LogP contribution in [-0.4, -0.2) is 45.9 Å². The van der Waals surface area contributed by atoms with Crippen molar-refractivity contribution >= 4 is 5.91 Å². The molecule has 0 aromatic carbocycles. The zero-order chi connectivity index (χ0) is 15.9. The van der Waals surface area contributed by atoms with Gasteiger partial charge >= 0.3 is 0 Å². The van der Waals surface area contributed by atoms with Crippen LogP contribution in [-0.2, 0) is 17.9 Å². The first-order valence-electron chi connectivity index (χ1n) is 7.06. The molecule has 0 atom stereocenters. The fourth-order valence-corrected chi connectivity index (χ4v) is 2.09. The lowest BCUT2D eigenvalue weighted by Crippen LogP contribution is -2.34. The second-order valence-corrected chi connectivity index (χ2v) is 4.95. The van der Waals surface area contributed by atoms with Crippen molar-refractivity contribution < 1.29 is 9.53 Å². The first-order valence-corrected chi connectivity index (χ1v) is 7.06. The van der Waals surface area contributed by atoms with Crippen LogP contribution in [0.25, 0.3) is 0 Å². The number of aromatic nitrogens is 3. The largest absolute Gasteiger partial charge is 0.491 e. The Morgan fingerprint density at radius 3 is 2.86 bits per heavy atom.